The zero-order valence-corrected chi connectivity index (χ0v) is 11.1. The first-order valence-corrected chi connectivity index (χ1v) is 6.59. The van der Waals surface area contributed by atoms with Crippen molar-refractivity contribution in [2.24, 2.45) is 0 Å². The van der Waals surface area contributed by atoms with Crippen LogP contribution in [0.2, 0.25) is 0 Å². The van der Waals surface area contributed by atoms with Gasteiger partial charge in [0.2, 0.25) is 0 Å². The van der Waals surface area contributed by atoms with Crippen molar-refractivity contribution in [3.8, 4) is 5.75 Å². The highest BCUT2D eigenvalue weighted by Crippen LogP contribution is 2.32. The van der Waals surface area contributed by atoms with Gasteiger partial charge in [-0.2, -0.15) is 0 Å². The molecule has 0 aliphatic heterocycles. The van der Waals surface area contributed by atoms with Crippen LogP contribution in [0.25, 0.3) is 0 Å². The Labute approximate surface area is 114 Å². The number of hydrogen-bond acceptors (Lipinski definition) is 3. The van der Waals surface area contributed by atoms with Gasteiger partial charge in [-0.05, 0) is 18.2 Å². The molecule has 0 atom stereocenters. The molecule has 0 amide bonds. The van der Waals surface area contributed by atoms with Crippen LogP contribution in [0.15, 0.2) is 41.3 Å². The van der Waals surface area contributed by atoms with Crippen LogP contribution in [0.3, 0.4) is 0 Å². The van der Waals surface area contributed by atoms with Gasteiger partial charge < -0.3 is 10.5 Å². The third kappa shape index (κ3) is 3.17. The van der Waals surface area contributed by atoms with Crippen molar-refractivity contribution < 1.29 is 13.5 Å². The fraction of sp³-hybridized carbons (Fsp3) is 0.143. The molecule has 0 saturated carbocycles. The van der Waals surface area contributed by atoms with Crippen molar-refractivity contribution in [1.29, 1.82) is 0 Å². The maximum Gasteiger partial charge on any atom is 0.141 e. The Hall–Kier alpha value is -1.75. The van der Waals surface area contributed by atoms with Crippen LogP contribution in [-0.4, -0.2) is 7.11 Å². The number of anilines is 1. The van der Waals surface area contributed by atoms with Gasteiger partial charge in [0.25, 0.3) is 0 Å². The standard InChI is InChI=1S/C14H13F2NOS/c1-18-13-5-3-2-4-9(13)8-19-14-11(15)6-10(17)7-12(14)16/h2-7H,8,17H2,1H3. The molecule has 2 rings (SSSR count). The number of methoxy groups -OCH3 is 1. The van der Waals surface area contributed by atoms with Gasteiger partial charge in [0, 0.05) is 17.0 Å². The van der Waals surface area contributed by atoms with Gasteiger partial charge in [-0.25, -0.2) is 8.78 Å². The van der Waals surface area contributed by atoms with Gasteiger partial charge in [-0.1, -0.05) is 18.2 Å². The van der Waals surface area contributed by atoms with Crippen LogP contribution in [0, 0.1) is 11.6 Å². The Morgan fingerprint density at radius 2 is 1.79 bits per heavy atom. The van der Waals surface area contributed by atoms with Gasteiger partial charge in [0.15, 0.2) is 0 Å². The van der Waals surface area contributed by atoms with E-state index in [2.05, 4.69) is 0 Å². The number of rotatable bonds is 4. The van der Waals surface area contributed by atoms with E-state index in [0.717, 1.165) is 29.5 Å². The smallest absolute Gasteiger partial charge is 0.141 e. The monoisotopic (exact) mass is 281 g/mol. The fourth-order valence-corrected chi connectivity index (χ4v) is 2.62. The second-order valence-corrected chi connectivity index (χ2v) is 4.90. The molecule has 0 radical (unpaired) electrons. The number of nitrogen functional groups attached to an aromatic ring is 1. The summed E-state index contributed by atoms with van der Waals surface area (Å²) in [4.78, 5) is -0.0277. The summed E-state index contributed by atoms with van der Waals surface area (Å²) in [6, 6.07) is 9.61. The van der Waals surface area contributed by atoms with E-state index in [-0.39, 0.29) is 10.6 Å². The average molecular weight is 281 g/mol. The third-order valence-electron chi connectivity index (χ3n) is 2.59. The molecule has 0 bridgehead atoms. The van der Waals surface area contributed by atoms with Crippen LogP contribution in [0.5, 0.6) is 5.75 Å². The fourth-order valence-electron chi connectivity index (χ4n) is 1.69. The molecule has 0 spiro atoms. The first kappa shape index (κ1) is 13.7. The van der Waals surface area contributed by atoms with Crippen LogP contribution in [-0.2, 0) is 5.75 Å². The predicted octanol–water partition coefficient (Wildman–Crippen LogP) is 3.85. The summed E-state index contributed by atoms with van der Waals surface area (Å²) in [5, 5.41) is 0. The Morgan fingerprint density at radius 3 is 2.42 bits per heavy atom. The van der Waals surface area contributed by atoms with Crippen molar-refractivity contribution in [2.45, 2.75) is 10.6 Å². The van der Waals surface area contributed by atoms with Crippen molar-refractivity contribution >= 4 is 17.4 Å². The lowest BCUT2D eigenvalue weighted by Gasteiger charge is -2.09. The predicted molar refractivity (Wildman–Crippen MR) is 73.3 cm³/mol. The van der Waals surface area contributed by atoms with Gasteiger partial charge in [-0.3, -0.25) is 0 Å². The molecular weight excluding hydrogens is 268 g/mol. The number of ether oxygens (including phenoxy) is 1. The molecule has 0 aliphatic rings. The minimum Gasteiger partial charge on any atom is -0.496 e. The zero-order valence-electron chi connectivity index (χ0n) is 10.3. The molecule has 2 nitrogen and oxygen atoms in total. The van der Waals surface area contributed by atoms with E-state index < -0.39 is 11.6 Å². The Balaban J connectivity index is 2.19. The lowest BCUT2D eigenvalue weighted by Crippen LogP contribution is -1.94. The maximum atomic E-state index is 13.6. The number of nitrogens with two attached hydrogens (primary N) is 1. The molecular formula is C14H13F2NOS. The highest BCUT2D eigenvalue weighted by Gasteiger charge is 2.12. The maximum absolute atomic E-state index is 13.6. The van der Waals surface area contributed by atoms with Crippen LogP contribution < -0.4 is 10.5 Å². The minimum absolute atomic E-state index is 0.0277. The summed E-state index contributed by atoms with van der Waals surface area (Å²) in [5.41, 5.74) is 6.33. The van der Waals surface area contributed by atoms with Crippen molar-refractivity contribution in [1.82, 2.24) is 0 Å². The summed E-state index contributed by atoms with van der Waals surface area (Å²) in [6.45, 7) is 0. The Bertz CT molecular complexity index is 566. The summed E-state index contributed by atoms with van der Waals surface area (Å²) in [5.74, 6) is -0.164. The van der Waals surface area contributed by atoms with E-state index in [1.54, 1.807) is 7.11 Å². The molecule has 2 N–H and O–H groups in total. The molecule has 5 heteroatoms. The molecule has 0 heterocycles. The van der Waals surface area contributed by atoms with Crippen LogP contribution in [0.1, 0.15) is 5.56 Å². The quantitative estimate of drug-likeness (QED) is 0.683. The average Bonchev–Trinajstić information content (AvgIpc) is 2.38. The number of thioether (sulfide) groups is 1. The van der Waals surface area contributed by atoms with Crippen LogP contribution >= 0.6 is 11.8 Å². The van der Waals surface area contributed by atoms with E-state index in [9.17, 15) is 8.78 Å². The SMILES string of the molecule is COc1ccccc1CSc1c(F)cc(N)cc1F. The largest absolute Gasteiger partial charge is 0.496 e. The van der Waals surface area contributed by atoms with E-state index in [1.807, 2.05) is 24.3 Å². The summed E-state index contributed by atoms with van der Waals surface area (Å²) >= 11 is 1.08. The number of benzene rings is 2. The van der Waals surface area contributed by atoms with Crippen molar-refractivity contribution in [2.75, 3.05) is 12.8 Å². The number of hydrogen-bond donors (Lipinski definition) is 1. The van der Waals surface area contributed by atoms with Crippen LogP contribution in [0.4, 0.5) is 14.5 Å². The second kappa shape index (κ2) is 5.93. The summed E-state index contributed by atoms with van der Waals surface area (Å²) in [6.07, 6.45) is 0. The molecule has 19 heavy (non-hydrogen) atoms. The topological polar surface area (TPSA) is 35.2 Å². The highest BCUT2D eigenvalue weighted by molar-refractivity contribution is 7.98. The minimum atomic E-state index is -0.641. The van der Waals surface area contributed by atoms with Gasteiger partial charge in [-0.15, -0.1) is 11.8 Å². The second-order valence-electron chi connectivity index (χ2n) is 3.91. The molecule has 0 saturated heterocycles. The lowest BCUT2D eigenvalue weighted by molar-refractivity contribution is 0.411. The third-order valence-corrected chi connectivity index (χ3v) is 3.72. The molecule has 2 aromatic rings. The zero-order chi connectivity index (χ0) is 13.8. The first-order valence-electron chi connectivity index (χ1n) is 5.61. The molecule has 0 aromatic heterocycles. The van der Waals surface area contributed by atoms with Gasteiger partial charge in [0.05, 0.1) is 12.0 Å². The van der Waals surface area contributed by atoms with Crippen molar-refractivity contribution in [3.05, 3.63) is 53.6 Å². The van der Waals surface area contributed by atoms with E-state index >= 15 is 0 Å². The highest BCUT2D eigenvalue weighted by atomic mass is 32.2. The Morgan fingerprint density at radius 1 is 1.16 bits per heavy atom. The van der Waals surface area contributed by atoms with E-state index in [1.165, 1.54) is 0 Å². The normalized spacial score (nSPS) is 10.5. The van der Waals surface area contributed by atoms with Crippen molar-refractivity contribution in [3.63, 3.8) is 0 Å². The molecule has 100 valence electrons. The van der Waals surface area contributed by atoms with E-state index in [0.29, 0.717) is 11.5 Å². The lowest BCUT2D eigenvalue weighted by atomic mass is 10.2. The molecule has 0 fully saturated rings. The molecule has 2 aromatic carbocycles. The van der Waals surface area contributed by atoms with Gasteiger partial charge >= 0.3 is 0 Å². The Kier molecular flexibility index (Phi) is 4.27. The number of halogens is 2. The molecule has 0 unspecified atom stereocenters. The summed E-state index contributed by atoms with van der Waals surface area (Å²) in [7, 11) is 1.56. The number of para-hydroxylation sites is 1. The first-order chi connectivity index (χ1) is 9.11. The molecule has 0 aliphatic carbocycles. The van der Waals surface area contributed by atoms with Gasteiger partial charge in [0.1, 0.15) is 17.4 Å². The summed E-state index contributed by atoms with van der Waals surface area (Å²) < 4.78 is 32.4. The van der Waals surface area contributed by atoms with E-state index in [4.69, 9.17) is 10.5 Å².